The molecular formula is C19H39IN4O2. The molecular weight excluding hydrogens is 443 g/mol. The summed E-state index contributed by atoms with van der Waals surface area (Å²) in [5, 5.41) is 6.86. The van der Waals surface area contributed by atoms with Gasteiger partial charge in [-0.05, 0) is 32.7 Å². The van der Waals surface area contributed by atoms with Gasteiger partial charge in [-0.15, -0.1) is 24.0 Å². The first kappa shape index (κ1) is 23.9. The highest BCUT2D eigenvalue weighted by atomic mass is 127. The second-order valence-corrected chi connectivity index (χ2v) is 7.22. The molecule has 2 saturated heterocycles. The highest BCUT2D eigenvalue weighted by molar-refractivity contribution is 14.0. The summed E-state index contributed by atoms with van der Waals surface area (Å²) in [5.41, 5.74) is -0.166. The van der Waals surface area contributed by atoms with Crippen LogP contribution in [-0.4, -0.2) is 75.5 Å². The van der Waals surface area contributed by atoms with Crippen molar-refractivity contribution >= 4 is 29.9 Å². The van der Waals surface area contributed by atoms with Crippen molar-refractivity contribution in [3.8, 4) is 0 Å². The quantitative estimate of drug-likeness (QED) is 0.317. The molecule has 2 aliphatic rings. The van der Waals surface area contributed by atoms with Crippen LogP contribution in [0.2, 0.25) is 0 Å². The highest BCUT2D eigenvalue weighted by Crippen LogP contribution is 2.24. The first-order valence-electron chi connectivity index (χ1n) is 10.1. The lowest BCUT2D eigenvalue weighted by Crippen LogP contribution is -2.47. The van der Waals surface area contributed by atoms with Gasteiger partial charge in [-0.25, -0.2) is 0 Å². The maximum atomic E-state index is 5.78. The maximum absolute atomic E-state index is 5.78. The number of aliphatic imine (C=N–C) groups is 1. The lowest BCUT2D eigenvalue weighted by molar-refractivity contribution is -0.0828. The minimum atomic E-state index is -0.166. The average Bonchev–Trinajstić information content (AvgIpc) is 2.67. The van der Waals surface area contributed by atoms with Gasteiger partial charge in [-0.1, -0.05) is 13.3 Å². The monoisotopic (exact) mass is 482 g/mol. The van der Waals surface area contributed by atoms with Gasteiger partial charge in [-0.3, -0.25) is 9.89 Å². The third-order valence-corrected chi connectivity index (χ3v) is 5.62. The number of nitrogens with zero attached hydrogens (tertiary/aromatic N) is 2. The van der Waals surface area contributed by atoms with E-state index in [4.69, 9.17) is 14.5 Å². The predicted molar refractivity (Wildman–Crippen MR) is 119 cm³/mol. The fourth-order valence-electron chi connectivity index (χ4n) is 3.87. The lowest BCUT2D eigenvalue weighted by Gasteiger charge is -2.35. The Morgan fingerprint density at radius 3 is 2.65 bits per heavy atom. The van der Waals surface area contributed by atoms with E-state index in [1.165, 1.54) is 32.2 Å². The van der Waals surface area contributed by atoms with E-state index in [-0.39, 0.29) is 29.6 Å². The van der Waals surface area contributed by atoms with Gasteiger partial charge in [0, 0.05) is 58.8 Å². The van der Waals surface area contributed by atoms with E-state index in [0.29, 0.717) is 6.54 Å². The van der Waals surface area contributed by atoms with Crippen molar-refractivity contribution < 1.29 is 9.47 Å². The summed E-state index contributed by atoms with van der Waals surface area (Å²) in [6.45, 7) is 10.8. The summed E-state index contributed by atoms with van der Waals surface area (Å²) in [4.78, 5) is 7.43. The van der Waals surface area contributed by atoms with Crippen molar-refractivity contribution in [1.29, 1.82) is 0 Å². The van der Waals surface area contributed by atoms with Crippen LogP contribution in [0.4, 0.5) is 0 Å². The van der Waals surface area contributed by atoms with E-state index >= 15 is 0 Å². The summed E-state index contributed by atoms with van der Waals surface area (Å²) in [7, 11) is 1.79. The molecule has 2 rings (SSSR count). The fraction of sp³-hybridized carbons (Fsp3) is 0.947. The topological polar surface area (TPSA) is 58.1 Å². The molecule has 0 spiro atoms. The van der Waals surface area contributed by atoms with Gasteiger partial charge < -0.3 is 20.1 Å². The van der Waals surface area contributed by atoms with Crippen molar-refractivity contribution in [3.63, 3.8) is 0 Å². The zero-order valence-electron chi connectivity index (χ0n) is 16.9. The number of likely N-dealkylation sites (tertiary alicyclic amines) is 1. The van der Waals surface area contributed by atoms with E-state index in [1.54, 1.807) is 7.11 Å². The van der Waals surface area contributed by atoms with Gasteiger partial charge in [0.2, 0.25) is 0 Å². The molecule has 2 heterocycles. The molecule has 6 nitrogen and oxygen atoms in total. The van der Waals surface area contributed by atoms with Gasteiger partial charge in [-0.2, -0.15) is 0 Å². The number of rotatable bonds is 8. The average molecular weight is 482 g/mol. The van der Waals surface area contributed by atoms with Crippen molar-refractivity contribution in [1.82, 2.24) is 15.5 Å². The minimum absolute atomic E-state index is 0. The molecule has 2 N–H and O–H groups in total. The Kier molecular flexibility index (Phi) is 12.1. The number of guanidine groups is 1. The molecule has 1 unspecified atom stereocenters. The Bertz CT molecular complexity index is 403. The van der Waals surface area contributed by atoms with E-state index in [0.717, 1.165) is 57.7 Å². The van der Waals surface area contributed by atoms with Crippen molar-refractivity contribution in [2.24, 2.45) is 4.99 Å². The van der Waals surface area contributed by atoms with Crippen LogP contribution in [0.15, 0.2) is 4.99 Å². The molecule has 2 aliphatic heterocycles. The molecule has 0 bridgehead atoms. The van der Waals surface area contributed by atoms with Gasteiger partial charge in [0.05, 0.1) is 12.1 Å². The molecule has 154 valence electrons. The Balaban J connectivity index is 0.00000338. The van der Waals surface area contributed by atoms with E-state index < -0.39 is 0 Å². The second kappa shape index (κ2) is 13.1. The number of hydrogen-bond donors (Lipinski definition) is 2. The summed E-state index contributed by atoms with van der Waals surface area (Å²) in [6, 6.07) is 0.758. The van der Waals surface area contributed by atoms with Crippen LogP contribution in [-0.2, 0) is 9.47 Å². The summed E-state index contributed by atoms with van der Waals surface area (Å²) < 4.78 is 11.3. The Morgan fingerprint density at radius 1 is 1.23 bits per heavy atom. The number of halogens is 1. The Labute approximate surface area is 176 Å². The van der Waals surface area contributed by atoms with Crippen LogP contribution in [0.5, 0.6) is 0 Å². The normalized spacial score (nSPS) is 24.0. The third-order valence-electron chi connectivity index (χ3n) is 5.62. The molecule has 0 aromatic rings. The van der Waals surface area contributed by atoms with Crippen LogP contribution < -0.4 is 10.6 Å². The number of methoxy groups -OCH3 is 1. The van der Waals surface area contributed by atoms with Crippen LogP contribution in [0, 0.1) is 0 Å². The molecule has 1 atom stereocenters. The van der Waals surface area contributed by atoms with Gasteiger partial charge in [0.15, 0.2) is 5.96 Å². The summed E-state index contributed by atoms with van der Waals surface area (Å²) in [5.74, 6) is 0.899. The largest absolute Gasteiger partial charge is 0.381 e. The third kappa shape index (κ3) is 7.48. The molecule has 0 saturated carbocycles. The smallest absolute Gasteiger partial charge is 0.191 e. The predicted octanol–water partition coefficient (Wildman–Crippen LogP) is 2.62. The fourth-order valence-corrected chi connectivity index (χ4v) is 3.87. The highest BCUT2D eigenvalue weighted by Gasteiger charge is 2.32. The van der Waals surface area contributed by atoms with Crippen molar-refractivity contribution in [2.45, 2.75) is 64.0 Å². The van der Waals surface area contributed by atoms with Gasteiger partial charge in [0.25, 0.3) is 0 Å². The molecule has 7 heteroatoms. The first-order chi connectivity index (χ1) is 12.2. The van der Waals surface area contributed by atoms with Crippen molar-refractivity contribution in [2.75, 3.05) is 53.0 Å². The number of ether oxygens (including phenoxy) is 2. The van der Waals surface area contributed by atoms with E-state index in [2.05, 4.69) is 29.4 Å². The van der Waals surface area contributed by atoms with Gasteiger partial charge in [0.1, 0.15) is 0 Å². The molecule has 0 aromatic heterocycles. The molecule has 26 heavy (non-hydrogen) atoms. The molecule has 2 fully saturated rings. The Hall–Kier alpha value is -0.120. The zero-order chi connectivity index (χ0) is 18.0. The van der Waals surface area contributed by atoms with Gasteiger partial charge >= 0.3 is 0 Å². The second-order valence-electron chi connectivity index (χ2n) is 7.22. The van der Waals surface area contributed by atoms with Crippen LogP contribution >= 0.6 is 24.0 Å². The van der Waals surface area contributed by atoms with Crippen molar-refractivity contribution in [3.05, 3.63) is 0 Å². The minimum Gasteiger partial charge on any atom is -0.381 e. The molecule has 0 aliphatic carbocycles. The maximum Gasteiger partial charge on any atom is 0.191 e. The first-order valence-corrected chi connectivity index (χ1v) is 10.1. The number of hydrogen-bond acceptors (Lipinski definition) is 4. The summed E-state index contributed by atoms with van der Waals surface area (Å²) >= 11 is 0. The number of piperidine rings is 1. The summed E-state index contributed by atoms with van der Waals surface area (Å²) in [6.07, 6.45) is 7.16. The standard InChI is InChI=1S/C19H38N4O2.HI/c1-4-17-8-6-7-12-23(17)13-11-21-18(20-5-2)22-16-19(24-3)9-14-25-15-10-19;/h17H,4-16H2,1-3H3,(H2,20,21,22);1H. The zero-order valence-corrected chi connectivity index (χ0v) is 19.2. The SMILES string of the molecule is CCNC(=NCC1(OC)CCOCC1)NCCN1CCCCC1CC.I. The van der Waals surface area contributed by atoms with Crippen LogP contribution in [0.25, 0.3) is 0 Å². The number of nitrogens with one attached hydrogen (secondary N) is 2. The van der Waals surface area contributed by atoms with E-state index in [1.807, 2.05) is 0 Å². The van der Waals surface area contributed by atoms with Crippen LogP contribution in [0.1, 0.15) is 52.4 Å². The lowest BCUT2D eigenvalue weighted by atomic mass is 9.94. The van der Waals surface area contributed by atoms with Crippen LogP contribution in [0.3, 0.4) is 0 Å². The molecule has 0 radical (unpaired) electrons. The molecule has 0 amide bonds. The van der Waals surface area contributed by atoms with E-state index in [9.17, 15) is 0 Å². The Morgan fingerprint density at radius 2 is 2.00 bits per heavy atom. The molecule has 0 aromatic carbocycles.